The van der Waals surface area contributed by atoms with Gasteiger partial charge in [-0.05, 0) is 61.7 Å². The highest BCUT2D eigenvalue weighted by atomic mass is 79.9. The Morgan fingerprint density at radius 2 is 1.92 bits per heavy atom. The quantitative estimate of drug-likeness (QED) is 0.383. The molecule has 0 amide bonds. The van der Waals surface area contributed by atoms with E-state index >= 15 is 0 Å². The maximum atomic E-state index is 6.29. The molecule has 3 heteroatoms. The third-order valence-electron chi connectivity index (χ3n) is 8.52. The third-order valence-corrected chi connectivity index (χ3v) is 9.45. The van der Waals surface area contributed by atoms with Crippen molar-refractivity contribution in [1.29, 1.82) is 0 Å². The van der Waals surface area contributed by atoms with Crippen LogP contribution in [-0.2, 0) is 9.47 Å². The molecule has 0 aromatic heterocycles. The van der Waals surface area contributed by atoms with Crippen LogP contribution >= 0.6 is 15.9 Å². The van der Waals surface area contributed by atoms with Gasteiger partial charge in [0.2, 0.25) is 0 Å². The molecule has 2 saturated carbocycles. The molecule has 0 N–H and O–H groups in total. The Labute approximate surface area is 160 Å². The van der Waals surface area contributed by atoms with Crippen molar-refractivity contribution >= 4 is 15.9 Å². The molecule has 4 aliphatic carbocycles. The van der Waals surface area contributed by atoms with E-state index in [2.05, 4.69) is 48.9 Å². The topological polar surface area (TPSA) is 18.5 Å². The normalized spacial score (nSPS) is 50.7. The number of allylic oxidation sites excluding steroid dienone is 3. The molecule has 3 fully saturated rings. The van der Waals surface area contributed by atoms with E-state index in [9.17, 15) is 0 Å². The second-order valence-corrected chi connectivity index (χ2v) is 10.7. The van der Waals surface area contributed by atoms with Crippen molar-refractivity contribution in [2.24, 2.45) is 28.6 Å². The molecule has 1 spiro atoms. The Balaban J connectivity index is 1.60. The number of rotatable bonds is 0. The van der Waals surface area contributed by atoms with Crippen LogP contribution in [0.2, 0.25) is 0 Å². The van der Waals surface area contributed by atoms with Gasteiger partial charge in [-0.3, -0.25) is 0 Å². The molecule has 5 aliphatic rings. The summed E-state index contributed by atoms with van der Waals surface area (Å²) < 4.78 is 12.6. The molecule has 0 aromatic carbocycles. The molecule has 4 unspecified atom stereocenters. The van der Waals surface area contributed by atoms with Crippen molar-refractivity contribution < 1.29 is 9.47 Å². The highest BCUT2D eigenvalue weighted by Crippen LogP contribution is 2.67. The molecule has 0 bridgehead atoms. The summed E-state index contributed by atoms with van der Waals surface area (Å²) in [6.07, 6.45) is 12.7. The first-order chi connectivity index (χ1) is 11.9. The standard InChI is InChI=1S/C22H31BrO2/c1-14-6-8-20(2)15(12-14)4-5-16-17(20)7-9-21(3)18(16)13-19(23)22(21)24-10-11-25-22/h6,8,14-15,17,19H,4-5,7,9-13H2,1-3H3/t14?,15?,17?,19?,20-,21-/m0/s1. The minimum Gasteiger partial charge on any atom is -0.346 e. The first-order valence-corrected chi connectivity index (χ1v) is 11.2. The number of hydrogen-bond donors (Lipinski definition) is 0. The van der Waals surface area contributed by atoms with Gasteiger partial charge in [0.25, 0.3) is 0 Å². The second-order valence-electron chi connectivity index (χ2n) is 9.64. The Bertz CT molecular complexity index is 646. The van der Waals surface area contributed by atoms with Gasteiger partial charge in [0.1, 0.15) is 0 Å². The Kier molecular flexibility index (Phi) is 3.71. The van der Waals surface area contributed by atoms with Crippen LogP contribution in [0, 0.1) is 28.6 Å². The lowest BCUT2D eigenvalue weighted by Gasteiger charge is -2.55. The smallest absolute Gasteiger partial charge is 0.190 e. The molecule has 1 heterocycles. The van der Waals surface area contributed by atoms with Crippen LogP contribution < -0.4 is 0 Å². The molecule has 1 aliphatic heterocycles. The summed E-state index contributed by atoms with van der Waals surface area (Å²) in [5.41, 5.74) is 3.87. The molecule has 138 valence electrons. The zero-order valence-electron chi connectivity index (χ0n) is 15.8. The fourth-order valence-corrected chi connectivity index (χ4v) is 8.20. The van der Waals surface area contributed by atoms with Gasteiger partial charge in [-0.25, -0.2) is 0 Å². The van der Waals surface area contributed by atoms with Crippen molar-refractivity contribution in [3.8, 4) is 0 Å². The van der Waals surface area contributed by atoms with E-state index in [4.69, 9.17) is 9.47 Å². The molecule has 1 saturated heterocycles. The molecule has 0 radical (unpaired) electrons. The summed E-state index contributed by atoms with van der Waals surface area (Å²) in [7, 11) is 0. The van der Waals surface area contributed by atoms with Gasteiger partial charge in [0.05, 0.1) is 18.0 Å². The summed E-state index contributed by atoms with van der Waals surface area (Å²) >= 11 is 3.96. The van der Waals surface area contributed by atoms with Gasteiger partial charge in [-0.2, -0.15) is 0 Å². The maximum Gasteiger partial charge on any atom is 0.190 e. The van der Waals surface area contributed by atoms with E-state index in [1.165, 1.54) is 32.1 Å². The third kappa shape index (κ3) is 2.04. The molecule has 25 heavy (non-hydrogen) atoms. The van der Waals surface area contributed by atoms with Gasteiger partial charge >= 0.3 is 0 Å². The van der Waals surface area contributed by atoms with Gasteiger partial charge < -0.3 is 9.47 Å². The first-order valence-electron chi connectivity index (χ1n) is 10.2. The highest BCUT2D eigenvalue weighted by Gasteiger charge is 2.66. The van der Waals surface area contributed by atoms with Crippen LogP contribution in [0.4, 0.5) is 0 Å². The Morgan fingerprint density at radius 3 is 2.68 bits per heavy atom. The average molecular weight is 407 g/mol. The highest BCUT2D eigenvalue weighted by molar-refractivity contribution is 9.09. The summed E-state index contributed by atoms with van der Waals surface area (Å²) in [6.45, 7) is 8.83. The number of ether oxygens (including phenoxy) is 2. The maximum absolute atomic E-state index is 6.29. The van der Waals surface area contributed by atoms with E-state index in [0.29, 0.717) is 10.2 Å². The number of fused-ring (bicyclic) bond motifs is 5. The Morgan fingerprint density at radius 1 is 1.16 bits per heavy atom. The zero-order chi connectivity index (χ0) is 17.4. The van der Waals surface area contributed by atoms with Gasteiger partial charge in [0.15, 0.2) is 5.79 Å². The van der Waals surface area contributed by atoms with Gasteiger partial charge in [0, 0.05) is 5.41 Å². The molecule has 5 rings (SSSR count). The monoisotopic (exact) mass is 406 g/mol. The lowest BCUT2D eigenvalue weighted by molar-refractivity contribution is -0.208. The summed E-state index contributed by atoms with van der Waals surface area (Å²) in [6, 6.07) is 0. The number of alkyl halides is 1. The summed E-state index contributed by atoms with van der Waals surface area (Å²) in [5.74, 6) is 1.92. The van der Waals surface area contributed by atoms with Crippen LogP contribution in [0.1, 0.15) is 59.3 Å². The summed E-state index contributed by atoms with van der Waals surface area (Å²) in [4.78, 5) is 0.293. The molecular weight excluding hydrogens is 376 g/mol. The lowest BCUT2D eigenvalue weighted by atomic mass is 9.50. The lowest BCUT2D eigenvalue weighted by Crippen LogP contribution is -2.52. The predicted molar refractivity (Wildman–Crippen MR) is 104 cm³/mol. The molecular formula is C22H31BrO2. The van der Waals surface area contributed by atoms with Crippen molar-refractivity contribution in [3.05, 3.63) is 23.3 Å². The van der Waals surface area contributed by atoms with Crippen LogP contribution in [0.3, 0.4) is 0 Å². The Hall–Kier alpha value is -0.120. The predicted octanol–water partition coefficient (Wildman–Crippen LogP) is 5.62. The fourth-order valence-electron chi connectivity index (χ4n) is 7.11. The first kappa shape index (κ1) is 17.0. The van der Waals surface area contributed by atoms with E-state index in [1.54, 1.807) is 11.1 Å². The number of halogens is 1. The zero-order valence-corrected chi connectivity index (χ0v) is 17.4. The van der Waals surface area contributed by atoms with Crippen molar-refractivity contribution in [2.75, 3.05) is 13.2 Å². The van der Waals surface area contributed by atoms with Crippen molar-refractivity contribution in [1.82, 2.24) is 0 Å². The SMILES string of the molecule is CC1C=C[C@@]2(C)C(CCC3=C4CC(Br)C5(OCCO5)[C@@]4(C)CCC32)C1. The van der Waals surface area contributed by atoms with E-state index in [-0.39, 0.29) is 5.41 Å². The van der Waals surface area contributed by atoms with E-state index in [1.807, 2.05) is 0 Å². The number of hydrogen-bond acceptors (Lipinski definition) is 2. The molecule has 6 atom stereocenters. The van der Waals surface area contributed by atoms with Crippen LogP contribution in [0.25, 0.3) is 0 Å². The molecule has 2 nitrogen and oxygen atoms in total. The van der Waals surface area contributed by atoms with Crippen LogP contribution in [-0.4, -0.2) is 23.8 Å². The summed E-state index contributed by atoms with van der Waals surface area (Å²) in [5, 5.41) is 0. The second kappa shape index (κ2) is 5.45. The van der Waals surface area contributed by atoms with Gasteiger partial charge in [-0.1, -0.05) is 60.0 Å². The molecule has 0 aromatic rings. The minimum absolute atomic E-state index is 0.0539. The van der Waals surface area contributed by atoms with Crippen LogP contribution in [0.5, 0.6) is 0 Å². The van der Waals surface area contributed by atoms with E-state index in [0.717, 1.165) is 37.4 Å². The van der Waals surface area contributed by atoms with Crippen LogP contribution in [0.15, 0.2) is 23.3 Å². The average Bonchev–Trinajstić information content (AvgIpc) is 3.16. The largest absolute Gasteiger partial charge is 0.346 e. The van der Waals surface area contributed by atoms with Gasteiger partial charge in [-0.15, -0.1) is 0 Å². The van der Waals surface area contributed by atoms with Crippen molar-refractivity contribution in [3.63, 3.8) is 0 Å². The van der Waals surface area contributed by atoms with E-state index < -0.39 is 5.79 Å². The van der Waals surface area contributed by atoms with Crippen molar-refractivity contribution in [2.45, 2.75) is 69.9 Å². The minimum atomic E-state index is -0.422. The fraction of sp³-hybridized carbons (Fsp3) is 0.818.